The number of aromatic nitrogens is 4. The standard InChI is InChI=1S/C20H18N6O4S/c1-10-14(3-4-16-15(10)8-17(21-2)22-16)11-5-12(7-13(6-11)26(29)30)19-23-20(25-24-19)31-9-18(27)28/h3-8,21-22H,9H2,1-2H3,(H,27,28)(H,23,24,25). The Morgan fingerprint density at radius 2 is 2.03 bits per heavy atom. The van der Waals surface area contributed by atoms with Crippen LogP contribution >= 0.6 is 11.8 Å². The third-order valence-corrected chi connectivity index (χ3v) is 5.68. The number of hydrogen-bond donors (Lipinski definition) is 4. The van der Waals surface area contributed by atoms with Crippen molar-refractivity contribution in [1.29, 1.82) is 0 Å². The van der Waals surface area contributed by atoms with E-state index >= 15 is 0 Å². The molecule has 0 aliphatic heterocycles. The average molecular weight is 438 g/mol. The minimum atomic E-state index is -0.981. The number of nitrogens with one attached hydrogen (secondary N) is 3. The van der Waals surface area contributed by atoms with Crippen LogP contribution in [0.3, 0.4) is 0 Å². The van der Waals surface area contributed by atoms with Gasteiger partial charge in [-0.3, -0.25) is 20.0 Å². The fourth-order valence-corrected chi connectivity index (χ4v) is 3.89. The van der Waals surface area contributed by atoms with Crippen LogP contribution in [0.15, 0.2) is 41.6 Å². The fraction of sp³-hybridized carbons (Fsp3) is 0.150. The number of nitro groups is 1. The second-order valence-electron chi connectivity index (χ2n) is 6.81. The van der Waals surface area contributed by atoms with Gasteiger partial charge in [-0.05, 0) is 41.8 Å². The van der Waals surface area contributed by atoms with Crippen molar-refractivity contribution in [1.82, 2.24) is 20.2 Å². The van der Waals surface area contributed by atoms with Gasteiger partial charge in [-0.15, -0.1) is 5.10 Å². The summed E-state index contributed by atoms with van der Waals surface area (Å²) in [5, 5.41) is 31.5. The van der Waals surface area contributed by atoms with E-state index in [1.54, 1.807) is 6.07 Å². The molecule has 31 heavy (non-hydrogen) atoms. The lowest BCUT2D eigenvalue weighted by Crippen LogP contribution is -1.97. The highest BCUT2D eigenvalue weighted by molar-refractivity contribution is 7.99. The van der Waals surface area contributed by atoms with Gasteiger partial charge in [-0.1, -0.05) is 17.8 Å². The Labute approximate surface area is 180 Å². The van der Waals surface area contributed by atoms with Crippen molar-refractivity contribution < 1.29 is 14.8 Å². The SMILES string of the molecule is CNc1cc2c(C)c(-c3cc(-c4nc(SCC(=O)O)n[nH]4)cc([N+](=O)[O-])c3)ccc2[nH]1. The van der Waals surface area contributed by atoms with Crippen LogP contribution in [0.2, 0.25) is 0 Å². The Bertz CT molecular complexity index is 1310. The third kappa shape index (κ3) is 4.08. The summed E-state index contributed by atoms with van der Waals surface area (Å²) in [6.45, 7) is 1.97. The Hall–Kier alpha value is -3.86. The second kappa shape index (κ2) is 8.11. The van der Waals surface area contributed by atoms with Crippen molar-refractivity contribution in [3.63, 3.8) is 0 Å². The Morgan fingerprint density at radius 1 is 1.26 bits per heavy atom. The van der Waals surface area contributed by atoms with Crippen molar-refractivity contribution in [2.24, 2.45) is 0 Å². The van der Waals surface area contributed by atoms with E-state index in [1.165, 1.54) is 12.1 Å². The van der Waals surface area contributed by atoms with Gasteiger partial charge in [-0.2, -0.15) is 0 Å². The summed E-state index contributed by atoms with van der Waals surface area (Å²) >= 11 is 0.967. The van der Waals surface area contributed by atoms with Crippen LogP contribution in [0.1, 0.15) is 5.56 Å². The number of aromatic amines is 2. The van der Waals surface area contributed by atoms with Crippen molar-refractivity contribution in [2.75, 3.05) is 18.1 Å². The monoisotopic (exact) mass is 438 g/mol. The molecule has 2 aromatic carbocycles. The summed E-state index contributed by atoms with van der Waals surface area (Å²) in [5.74, 6) is 0.0480. The van der Waals surface area contributed by atoms with Crippen LogP contribution in [0.5, 0.6) is 0 Å². The van der Waals surface area contributed by atoms with E-state index in [1.807, 2.05) is 32.2 Å². The Balaban J connectivity index is 1.80. The number of aliphatic carboxylic acids is 1. The molecule has 2 heterocycles. The van der Waals surface area contributed by atoms with Crippen LogP contribution < -0.4 is 5.32 Å². The zero-order valence-corrected chi connectivity index (χ0v) is 17.4. The van der Waals surface area contributed by atoms with E-state index in [9.17, 15) is 14.9 Å². The number of non-ortho nitro benzene ring substituents is 1. The molecule has 0 atom stereocenters. The van der Waals surface area contributed by atoms with Crippen LogP contribution in [0.25, 0.3) is 33.4 Å². The maximum Gasteiger partial charge on any atom is 0.313 e. The van der Waals surface area contributed by atoms with Crippen LogP contribution in [-0.2, 0) is 4.79 Å². The van der Waals surface area contributed by atoms with Gasteiger partial charge in [0.1, 0.15) is 5.82 Å². The van der Waals surface area contributed by atoms with Gasteiger partial charge < -0.3 is 15.4 Å². The summed E-state index contributed by atoms with van der Waals surface area (Å²) in [5.41, 5.74) is 3.89. The molecule has 0 spiro atoms. The van der Waals surface area contributed by atoms with Crippen LogP contribution in [0, 0.1) is 17.0 Å². The first-order valence-electron chi connectivity index (χ1n) is 9.23. The number of nitrogens with zero attached hydrogens (tertiary/aromatic N) is 3. The molecule has 11 heteroatoms. The summed E-state index contributed by atoms with van der Waals surface area (Å²) in [4.78, 5) is 29.4. The molecule has 0 radical (unpaired) electrons. The number of thioether (sulfide) groups is 1. The fourth-order valence-electron chi connectivity index (χ4n) is 3.37. The van der Waals surface area contributed by atoms with E-state index in [0.717, 1.165) is 39.6 Å². The van der Waals surface area contributed by atoms with Gasteiger partial charge in [0.2, 0.25) is 5.16 Å². The number of carboxylic acid groups (broad SMARTS) is 1. The number of hydrogen-bond acceptors (Lipinski definition) is 7. The van der Waals surface area contributed by atoms with Crippen LogP contribution in [0.4, 0.5) is 11.5 Å². The number of anilines is 1. The molecule has 0 bridgehead atoms. The number of benzene rings is 2. The normalized spacial score (nSPS) is 11.0. The smallest absolute Gasteiger partial charge is 0.313 e. The van der Waals surface area contributed by atoms with Gasteiger partial charge in [0.25, 0.3) is 5.69 Å². The first-order valence-corrected chi connectivity index (χ1v) is 10.2. The number of fused-ring (bicyclic) bond motifs is 1. The molecule has 0 aliphatic rings. The zero-order chi connectivity index (χ0) is 22.1. The van der Waals surface area contributed by atoms with E-state index < -0.39 is 10.9 Å². The summed E-state index contributed by atoms with van der Waals surface area (Å²) in [6.07, 6.45) is 0. The molecule has 0 unspecified atom stereocenters. The second-order valence-corrected chi connectivity index (χ2v) is 7.75. The minimum absolute atomic E-state index is 0.0758. The third-order valence-electron chi connectivity index (χ3n) is 4.84. The van der Waals surface area contributed by atoms with Gasteiger partial charge >= 0.3 is 5.97 Å². The minimum Gasteiger partial charge on any atom is -0.481 e. The number of aryl methyl sites for hydroxylation is 1. The number of carboxylic acids is 1. The largest absolute Gasteiger partial charge is 0.481 e. The predicted octanol–water partition coefficient (Wildman–Crippen LogP) is 4.06. The molecular weight excluding hydrogens is 420 g/mol. The number of rotatable bonds is 7. The first-order chi connectivity index (χ1) is 14.9. The van der Waals surface area contributed by atoms with Gasteiger partial charge in [0.15, 0.2) is 5.82 Å². The van der Waals surface area contributed by atoms with Crippen molar-refractivity contribution >= 4 is 40.1 Å². The topological polar surface area (TPSA) is 150 Å². The maximum absolute atomic E-state index is 11.6. The molecule has 0 aliphatic carbocycles. The lowest BCUT2D eigenvalue weighted by atomic mass is 9.96. The number of carbonyl (C=O) groups is 1. The molecule has 10 nitrogen and oxygen atoms in total. The van der Waals surface area contributed by atoms with Crippen molar-refractivity contribution in [2.45, 2.75) is 12.1 Å². The molecule has 158 valence electrons. The molecule has 4 N–H and O–H groups in total. The lowest BCUT2D eigenvalue weighted by molar-refractivity contribution is -0.384. The van der Waals surface area contributed by atoms with Gasteiger partial charge in [0, 0.05) is 35.6 Å². The molecule has 4 aromatic rings. The molecule has 0 saturated carbocycles. The summed E-state index contributed by atoms with van der Waals surface area (Å²) < 4.78 is 0. The predicted molar refractivity (Wildman–Crippen MR) is 118 cm³/mol. The molecule has 2 aromatic heterocycles. The molecule has 0 amide bonds. The van der Waals surface area contributed by atoms with E-state index in [-0.39, 0.29) is 16.6 Å². The van der Waals surface area contributed by atoms with Crippen molar-refractivity contribution in [3.05, 3.63) is 52.1 Å². The van der Waals surface area contributed by atoms with Gasteiger partial charge in [0.05, 0.1) is 10.7 Å². The average Bonchev–Trinajstić information content (AvgIpc) is 3.39. The summed E-state index contributed by atoms with van der Waals surface area (Å²) in [7, 11) is 1.83. The van der Waals surface area contributed by atoms with Crippen molar-refractivity contribution in [3.8, 4) is 22.5 Å². The van der Waals surface area contributed by atoms with E-state index in [4.69, 9.17) is 5.11 Å². The number of nitro benzene ring substituents is 1. The molecular formula is C20H18N6O4S. The van der Waals surface area contributed by atoms with Gasteiger partial charge in [-0.25, -0.2) is 4.98 Å². The lowest BCUT2D eigenvalue weighted by Gasteiger charge is -2.09. The molecule has 0 saturated heterocycles. The highest BCUT2D eigenvalue weighted by Crippen LogP contribution is 2.35. The van der Waals surface area contributed by atoms with E-state index in [0.29, 0.717) is 17.0 Å². The Kier molecular flexibility index (Phi) is 5.34. The van der Waals surface area contributed by atoms with E-state index in [2.05, 4.69) is 25.5 Å². The Morgan fingerprint density at radius 3 is 2.74 bits per heavy atom. The first kappa shape index (κ1) is 20.4. The molecule has 4 rings (SSSR count). The molecule has 0 fully saturated rings. The quantitative estimate of drug-likeness (QED) is 0.192. The summed E-state index contributed by atoms with van der Waals surface area (Å²) in [6, 6.07) is 10.6. The number of H-pyrrole nitrogens is 2. The van der Waals surface area contributed by atoms with Crippen LogP contribution in [-0.4, -0.2) is 49.0 Å². The highest BCUT2D eigenvalue weighted by atomic mass is 32.2. The maximum atomic E-state index is 11.6. The highest BCUT2D eigenvalue weighted by Gasteiger charge is 2.17. The zero-order valence-electron chi connectivity index (χ0n) is 16.6.